The van der Waals surface area contributed by atoms with Crippen molar-refractivity contribution in [3.8, 4) is 0 Å². The number of fused-ring (bicyclic) bond motifs is 1. The molecule has 1 aromatic carbocycles. The Kier molecular flexibility index (Phi) is 2.37. The number of nitrogens with one attached hydrogen (secondary N) is 1. The number of halogens is 6. The topological polar surface area (TPSA) is 15.8 Å². The fraction of sp³-hybridized carbons (Fsp3) is 0.200. The minimum Gasteiger partial charge on any atom is -0.351 e. The van der Waals surface area contributed by atoms with Crippen LogP contribution in [-0.2, 0) is 12.4 Å². The molecule has 0 saturated heterocycles. The predicted molar refractivity (Wildman–Crippen MR) is 48.3 cm³/mol. The average Bonchev–Trinajstić information content (AvgIpc) is 2.57. The van der Waals surface area contributed by atoms with E-state index >= 15 is 0 Å². The molecule has 0 amide bonds. The highest BCUT2D eigenvalue weighted by atomic mass is 19.4. The SMILES string of the molecule is FC(F)(F)c1ccc2[nH]c(C(F)(F)F)cc2c1. The lowest BCUT2D eigenvalue weighted by molar-refractivity contribution is -0.140. The lowest BCUT2D eigenvalue weighted by Crippen LogP contribution is -2.04. The molecule has 1 N–H and O–H groups in total. The summed E-state index contributed by atoms with van der Waals surface area (Å²) in [5, 5.41) is -0.118. The van der Waals surface area contributed by atoms with Gasteiger partial charge in [-0.3, -0.25) is 0 Å². The van der Waals surface area contributed by atoms with Crippen LogP contribution in [0.4, 0.5) is 26.3 Å². The van der Waals surface area contributed by atoms with Gasteiger partial charge in [-0.25, -0.2) is 0 Å². The van der Waals surface area contributed by atoms with Crippen LogP contribution >= 0.6 is 0 Å². The zero-order valence-corrected chi connectivity index (χ0v) is 8.08. The Labute approximate surface area is 91.0 Å². The van der Waals surface area contributed by atoms with Gasteiger partial charge in [0.05, 0.1) is 5.56 Å². The fourth-order valence-corrected chi connectivity index (χ4v) is 1.46. The average molecular weight is 253 g/mol. The van der Waals surface area contributed by atoms with Crippen molar-refractivity contribution in [2.24, 2.45) is 0 Å². The summed E-state index contributed by atoms with van der Waals surface area (Å²) >= 11 is 0. The summed E-state index contributed by atoms with van der Waals surface area (Å²) in [5.74, 6) is 0. The summed E-state index contributed by atoms with van der Waals surface area (Å²) < 4.78 is 73.9. The molecule has 92 valence electrons. The Balaban J connectivity index is 2.56. The van der Waals surface area contributed by atoms with E-state index < -0.39 is 23.6 Å². The maximum Gasteiger partial charge on any atom is 0.431 e. The van der Waals surface area contributed by atoms with Crippen molar-refractivity contribution in [3.05, 3.63) is 35.5 Å². The summed E-state index contributed by atoms with van der Waals surface area (Å²) in [6.45, 7) is 0. The number of benzene rings is 1. The minimum atomic E-state index is -4.60. The van der Waals surface area contributed by atoms with Gasteiger partial charge in [0.1, 0.15) is 5.69 Å². The largest absolute Gasteiger partial charge is 0.431 e. The minimum absolute atomic E-state index is 0.0188. The van der Waals surface area contributed by atoms with Crippen molar-refractivity contribution >= 4 is 10.9 Å². The molecule has 17 heavy (non-hydrogen) atoms. The van der Waals surface area contributed by atoms with E-state index in [0.717, 1.165) is 12.1 Å². The highest BCUT2D eigenvalue weighted by molar-refractivity contribution is 5.81. The number of hydrogen-bond acceptors (Lipinski definition) is 0. The number of rotatable bonds is 0. The molecule has 1 aromatic heterocycles. The Bertz CT molecular complexity index is 536. The molecule has 0 spiro atoms. The Morgan fingerprint density at radius 2 is 1.47 bits per heavy atom. The van der Waals surface area contributed by atoms with Crippen LogP contribution in [0.2, 0.25) is 0 Å². The molecule has 7 heteroatoms. The molecule has 0 aliphatic rings. The third-order valence-corrected chi connectivity index (χ3v) is 2.25. The maximum atomic E-state index is 12.3. The Morgan fingerprint density at radius 1 is 0.824 bits per heavy atom. The van der Waals surface area contributed by atoms with Crippen LogP contribution in [-0.4, -0.2) is 4.98 Å². The van der Waals surface area contributed by atoms with Gasteiger partial charge in [-0.05, 0) is 24.3 Å². The van der Waals surface area contributed by atoms with E-state index in [1.807, 2.05) is 4.98 Å². The highest BCUT2D eigenvalue weighted by Gasteiger charge is 2.34. The van der Waals surface area contributed by atoms with E-state index in [9.17, 15) is 26.3 Å². The molecule has 1 heterocycles. The first-order valence-corrected chi connectivity index (χ1v) is 4.45. The third kappa shape index (κ3) is 2.22. The van der Waals surface area contributed by atoms with E-state index in [-0.39, 0.29) is 10.9 Å². The van der Waals surface area contributed by atoms with Gasteiger partial charge >= 0.3 is 12.4 Å². The van der Waals surface area contributed by atoms with Crippen LogP contribution in [0.1, 0.15) is 11.3 Å². The predicted octanol–water partition coefficient (Wildman–Crippen LogP) is 4.21. The van der Waals surface area contributed by atoms with E-state index in [1.54, 1.807) is 0 Å². The number of aromatic amines is 1. The number of aromatic nitrogens is 1. The molecule has 2 aromatic rings. The van der Waals surface area contributed by atoms with Gasteiger partial charge in [0.25, 0.3) is 0 Å². The third-order valence-electron chi connectivity index (χ3n) is 2.25. The molecule has 0 radical (unpaired) electrons. The van der Waals surface area contributed by atoms with Gasteiger partial charge in [0.2, 0.25) is 0 Å². The van der Waals surface area contributed by atoms with Gasteiger partial charge in [0.15, 0.2) is 0 Å². The van der Waals surface area contributed by atoms with Gasteiger partial charge < -0.3 is 4.98 Å². The molecule has 0 aliphatic heterocycles. The van der Waals surface area contributed by atoms with Crippen LogP contribution in [0, 0.1) is 0 Å². The molecular formula is C10H5F6N. The van der Waals surface area contributed by atoms with E-state index in [1.165, 1.54) is 0 Å². The van der Waals surface area contributed by atoms with Gasteiger partial charge in [0, 0.05) is 10.9 Å². The zero-order chi connectivity index (χ0) is 12.8. The van der Waals surface area contributed by atoms with Crippen LogP contribution in [0.5, 0.6) is 0 Å². The first-order chi connectivity index (χ1) is 7.68. The molecule has 0 saturated carbocycles. The molecule has 0 unspecified atom stereocenters. The number of hydrogen-bond donors (Lipinski definition) is 1. The second kappa shape index (κ2) is 3.41. The molecule has 2 rings (SSSR count). The van der Waals surface area contributed by atoms with Crippen molar-refractivity contribution in [1.82, 2.24) is 4.98 Å². The highest BCUT2D eigenvalue weighted by Crippen LogP contribution is 2.34. The van der Waals surface area contributed by atoms with E-state index in [0.29, 0.717) is 12.1 Å². The number of alkyl halides is 6. The van der Waals surface area contributed by atoms with Crippen LogP contribution in [0.3, 0.4) is 0 Å². The van der Waals surface area contributed by atoms with Crippen molar-refractivity contribution in [2.75, 3.05) is 0 Å². The molecule has 0 aliphatic carbocycles. The lowest BCUT2D eigenvalue weighted by atomic mass is 10.1. The summed E-state index contributed by atoms with van der Waals surface area (Å²) in [4.78, 5) is 2.02. The first-order valence-electron chi connectivity index (χ1n) is 4.45. The zero-order valence-electron chi connectivity index (χ0n) is 8.08. The summed E-state index contributed by atoms with van der Waals surface area (Å²) in [6, 6.07) is 3.05. The molecular weight excluding hydrogens is 248 g/mol. The van der Waals surface area contributed by atoms with Crippen molar-refractivity contribution in [1.29, 1.82) is 0 Å². The lowest BCUT2D eigenvalue weighted by Gasteiger charge is -2.05. The standard InChI is InChI=1S/C10H5F6N/c11-9(12,13)6-1-2-7-5(3-6)4-8(17-7)10(14,15)16/h1-4,17H. The quantitative estimate of drug-likeness (QED) is 0.677. The first kappa shape index (κ1) is 11.8. The van der Waals surface area contributed by atoms with Gasteiger partial charge in [-0.15, -0.1) is 0 Å². The monoisotopic (exact) mass is 253 g/mol. The second-order valence-electron chi connectivity index (χ2n) is 3.48. The smallest absolute Gasteiger partial charge is 0.351 e. The molecule has 0 atom stereocenters. The van der Waals surface area contributed by atoms with Crippen molar-refractivity contribution < 1.29 is 26.3 Å². The fourth-order valence-electron chi connectivity index (χ4n) is 1.46. The van der Waals surface area contributed by atoms with E-state index in [4.69, 9.17) is 0 Å². The van der Waals surface area contributed by atoms with Gasteiger partial charge in [-0.2, -0.15) is 26.3 Å². The van der Waals surface area contributed by atoms with Gasteiger partial charge in [-0.1, -0.05) is 0 Å². The van der Waals surface area contributed by atoms with Crippen molar-refractivity contribution in [2.45, 2.75) is 12.4 Å². The summed E-state index contributed by atoms with van der Waals surface area (Å²) in [5.41, 5.74) is -2.02. The van der Waals surface area contributed by atoms with Crippen molar-refractivity contribution in [3.63, 3.8) is 0 Å². The Hall–Kier alpha value is -1.66. The Morgan fingerprint density at radius 3 is 2.00 bits per heavy atom. The van der Waals surface area contributed by atoms with E-state index in [2.05, 4.69) is 0 Å². The summed E-state index contributed by atoms with van der Waals surface area (Å²) in [6.07, 6.45) is -9.17. The molecule has 0 bridgehead atoms. The van der Waals surface area contributed by atoms with Crippen LogP contribution in [0.15, 0.2) is 24.3 Å². The molecule has 0 fully saturated rings. The normalized spacial score (nSPS) is 13.3. The molecule has 1 nitrogen and oxygen atoms in total. The number of H-pyrrole nitrogens is 1. The second-order valence-corrected chi connectivity index (χ2v) is 3.48. The maximum absolute atomic E-state index is 12.3. The van der Waals surface area contributed by atoms with Crippen LogP contribution in [0.25, 0.3) is 10.9 Å². The summed E-state index contributed by atoms with van der Waals surface area (Å²) in [7, 11) is 0. The van der Waals surface area contributed by atoms with Crippen LogP contribution < -0.4 is 0 Å².